The maximum absolute atomic E-state index is 13.1. The largest absolute Gasteiger partial charge is 0.398 e. The van der Waals surface area contributed by atoms with E-state index >= 15 is 0 Å². The summed E-state index contributed by atoms with van der Waals surface area (Å²) < 4.78 is 13.1. The van der Waals surface area contributed by atoms with Crippen molar-refractivity contribution in [1.29, 1.82) is 0 Å². The van der Waals surface area contributed by atoms with E-state index in [1.54, 1.807) is 12.1 Å². The number of nitrogens with two attached hydrogens (primary N) is 1. The molecule has 3 N–H and O–H groups in total. The van der Waals surface area contributed by atoms with E-state index in [2.05, 4.69) is 5.32 Å². The molecule has 2 rings (SSSR count). The molecule has 0 unspecified atom stereocenters. The summed E-state index contributed by atoms with van der Waals surface area (Å²) in [5.74, 6) is -1.03. The van der Waals surface area contributed by atoms with E-state index < -0.39 is 11.7 Å². The SMILES string of the molecule is Nc1cccc(C(=O)Nc2cc(F)cc(Cl)c2)c1Cl. The molecule has 1 amide bonds. The monoisotopic (exact) mass is 298 g/mol. The topological polar surface area (TPSA) is 55.1 Å². The van der Waals surface area contributed by atoms with Crippen molar-refractivity contribution in [2.45, 2.75) is 0 Å². The van der Waals surface area contributed by atoms with Crippen molar-refractivity contribution in [2.24, 2.45) is 0 Å². The lowest BCUT2D eigenvalue weighted by Gasteiger charge is -2.08. The maximum atomic E-state index is 13.1. The summed E-state index contributed by atoms with van der Waals surface area (Å²) in [6.07, 6.45) is 0. The van der Waals surface area contributed by atoms with Crippen molar-refractivity contribution in [3.8, 4) is 0 Å². The summed E-state index contributed by atoms with van der Waals surface area (Å²) in [5.41, 5.74) is 6.36. The quantitative estimate of drug-likeness (QED) is 0.824. The van der Waals surface area contributed by atoms with Gasteiger partial charge in [0.05, 0.1) is 16.3 Å². The predicted molar refractivity (Wildman–Crippen MR) is 75.2 cm³/mol. The number of benzene rings is 2. The van der Waals surface area contributed by atoms with Crippen LogP contribution in [0.5, 0.6) is 0 Å². The van der Waals surface area contributed by atoms with E-state index in [9.17, 15) is 9.18 Å². The average molecular weight is 299 g/mol. The number of hydrogen-bond donors (Lipinski definition) is 2. The minimum Gasteiger partial charge on any atom is -0.398 e. The minimum atomic E-state index is -0.540. The Hall–Kier alpha value is -1.78. The second kappa shape index (κ2) is 5.47. The number of carbonyl (C=O) groups excluding carboxylic acids is 1. The lowest BCUT2D eigenvalue weighted by molar-refractivity contribution is 0.102. The molecule has 0 aliphatic carbocycles. The Morgan fingerprint density at radius 3 is 2.63 bits per heavy atom. The van der Waals surface area contributed by atoms with Gasteiger partial charge in [0, 0.05) is 10.7 Å². The molecule has 3 nitrogen and oxygen atoms in total. The number of nitrogen functional groups attached to an aromatic ring is 1. The standard InChI is InChI=1S/C13H9Cl2FN2O/c14-7-4-8(16)6-9(5-7)18-13(19)10-2-1-3-11(17)12(10)15/h1-6H,17H2,(H,18,19). The number of nitrogens with one attached hydrogen (secondary N) is 1. The Labute approximate surface area is 119 Å². The number of carbonyl (C=O) groups is 1. The molecule has 98 valence electrons. The van der Waals surface area contributed by atoms with Crippen LogP contribution in [-0.2, 0) is 0 Å². The molecule has 0 bridgehead atoms. The molecular formula is C13H9Cl2FN2O. The van der Waals surface area contributed by atoms with Gasteiger partial charge in [-0.1, -0.05) is 29.3 Å². The van der Waals surface area contributed by atoms with Crippen molar-refractivity contribution in [1.82, 2.24) is 0 Å². The van der Waals surface area contributed by atoms with Crippen LogP contribution >= 0.6 is 23.2 Å². The van der Waals surface area contributed by atoms with Crippen LogP contribution in [0.2, 0.25) is 10.0 Å². The molecule has 0 aliphatic rings. The van der Waals surface area contributed by atoms with Crippen LogP contribution in [0, 0.1) is 5.82 Å². The highest BCUT2D eigenvalue weighted by Crippen LogP contribution is 2.25. The van der Waals surface area contributed by atoms with Gasteiger partial charge in [-0.3, -0.25) is 4.79 Å². The van der Waals surface area contributed by atoms with Gasteiger partial charge in [0.15, 0.2) is 0 Å². The molecule has 2 aromatic rings. The normalized spacial score (nSPS) is 10.3. The molecule has 0 saturated heterocycles. The van der Waals surface area contributed by atoms with Crippen molar-refractivity contribution in [3.05, 3.63) is 57.8 Å². The smallest absolute Gasteiger partial charge is 0.257 e. The first-order chi connectivity index (χ1) is 8.97. The van der Waals surface area contributed by atoms with Crippen LogP contribution in [0.25, 0.3) is 0 Å². The molecule has 0 fully saturated rings. The molecule has 0 heterocycles. The fourth-order valence-electron chi connectivity index (χ4n) is 1.55. The predicted octanol–water partition coefficient (Wildman–Crippen LogP) is 3.97. The number of rotatable bonds is 2. The fraction of sp³-hybridized carbons (Fsp3) is 0. The minimum absolute atomic E-state index is 0.155. The van der Waals surface area contributed by atoms with Gasteiger partial charge in [-0.2, -0.15) is 0 Å². The van der Waals surface area contributed by atoms with Crippen LogP contribution in [0.15, 0.2) is 36.4 Å². The molecule has 0 atom stereocenters. The van der Waals surface area contributed by atoms with E-state index in [-0.39, 0.29) is 21.3 Å². The third kappa shape index (κ3) is 3.16. The Balaban J connectivity index is 2.28. The van der Waals surface area contributed by atoms with E-state index in [0.29, 0.717) is 5.69 Å². The first-order valence-electron chi connectivity index (χ1n) is 5.29. The highest BCUT2D eigenvalue weighted by molar-refractivity contribution is 6.36. The molecule has 0 aromatic heterocycles. The number of amides is 1. The zero-order valence-electron chi connectivity index (χ0n) is 9.58. The summed E-state index contributed by atoms with van der Waals surface area (Å²) in [7, 11) is 0. The molecular weight excluding hydrogens is 290 g/mol. The summed E-state index contributed by atoms with van der Waals surface area (Å²) in [5, 5.41) is 2.85. The second-order valence-electron chi connectivity index (χ2n) is 3.82. The van der Waals surface area contributed by atoms with Gasteiger partial charge in [0.1, 0.15) is 5.82 Å². The Morgan fingerprint density at radius 1 is 1.21 bits per heavy atom. The van der Waals surface area contributed by atoms with Gasteiger partial charge in [0.25, 0.3) is 5.91 Å². The zero-order valence-corrected chi connectivity index (χ0v) is 11.1. The Bertz CT molecular complexity index is 626. The van der Waals surface area contributed by atoms with Crippen molar-refractivity contribution in [2.75, 3.05) is 11.1 Å². The number of halogens is 3. The molecule has 0 radical (unpaired) electrons. The average Bonchev–Trinajstić information content (AvgIpc) is 2.31. The third-order valence-corrected chi connectivity index (χ3v) is 3.03. The van der Waals surface area contributed by atoms with Gasteiger partial charge in [-0.25, -0.2) is 4.39 Å². The van der Waals surface area contributed by atoms with E-state index in [1.807, 2.05) is 0 Å². The van der Waals surface area contributed by atoms with Gasteiger partial charge in [0.2, 0.25) is 0 Å². The number of hydrogen-bond acceptors (Lipinski definition) is 2. The van der Waals surface area contributed by atoms with Gasteiger partial charge in [-0.15, -0.1) is 0 Å². The molecule has 0 saturated carbocycles. The first kappa shape index (κ1) is 13.6. The van der Waals surface area contributed by atoms with Gasteiger partial charge >= 0.3 is 0 Å². The fourth-order valence-corrected chi connectivity index (χ4v) is 1.98. The van der Waals surface area contributed by atoms with Crippen molar-refractivity contribution >= 4 is 40.5 Å². The third-order valence-electron chi connectivity index (χ3n) is 2.39. The summed E-state index contributed by atoms with van der Waals surface area (Å²) in [4.78, 5) is 12.0. The summed E-state index contributed by atoms with van der Waals surface area (Å²) in [6, 6.07) is 8.44. The van der Waals surface area contributed by atoms with Crippen LogP contribution in [0.4, 0.5) is 15.8 Å². The molecule has 19 heavy (non-hydrogen) atoms. The van der Waals surface area contributed by atoms with Crippen LogP contribution in [0.3, 0.4) is 0 Å². The molecule has 2 aromatic carbocycles. The second-order valence-corrected chi connectivity index (χ2v) is 4.64. The Morgan fingerprint density at radius 2 is 1.95 bits per heavy atom. The van der Waals surface area contributed by atoms with Crippen molar-refractivity contribution in [3.63, 3.8) is 0 Å². The lowest BCUT2D eigenvalue weighted by atomic mass is 10.2. The highest BCUT2D eigenvalue weighted by Gasteiger charge is 2.12. The first-order valence-corrected chi connectivity index (χ1v) is 6.04. The maximum Gasteiger partial charge on any atom is 0.257 e. The van der Waals surface area contributed by atoms with E-state index in [0.717, 1.165) is 12.1 Å². The van der Waals surface area contributed by atoms with Crippen molar-refractivity contribution < 1.29 is 9.18 Å². The highest BCUT2D eigenvalue weighted by atomic mass is 35.5. The molecule has 6 heteroatoms. The van der Waals surface area contributed by atoms with Crippen LogP contribution < -0.4 is 11.1 Å². The molecule has 0 aliphatic heterocycles. The van der Waals surface area contributed by atoms with E-state index in [1.165, 1.54) is 12.1 Å². The van der Waals surface area contributed by atoms with Crippen LogP contribution in [-0.4, -0.2) is 5.91 Å². The molecule has 0 spiro atoms. The number of anilines is 2. The lowest BCUT2D eigenvalue weighted by Crippen LogP contribution is -2.13. The van der Waals surface area contributed by atoms with E-state index in [4.69, 9.17) is 28.9 Å². The Kier molecular flexibility index (Phi) is 3.93. The van der Waals surface area contributed by atoms with Gasteiger partial charge < -0.3 is 11.1 Å². The van der Waals surface area contributed by atoms with Gasteiger partial charge in [-0.05, 0) is 30.3 Å². The van der Waals surface area contributed by atoms with Crippen LogP contribution in [0.1, 0.15) is 10.4 Å². The summed E-state index contributed by atoms with van der Waals surface area (Å²) in [6.45, 7) is 0. The summed E-state index contributed by atoms with van der Waals surface area (Å²) >= 11 is 11.6. The zero-order chi connectivity index (χ0) is 14.0.